The third kappa shape index (κ3) is 3.65. The van der Waals surface area contributed by atoms with Crippen molar-refractivity contribution in [3.63, 3.8) is 0 Å². The molecule has 0 aliphatic heterocycles. The standard InChI is InChI=1S/C17H20FN/c1-12(2)14-6-8-15(9-7-14)17(19)11-13-4-3-5-16(18)10-13/h3-10,12,17H,11,19H2,1-2H3. The minimum atomic E-state index is -0.208. The van der Waals surface area contributed by atoms with Crippen LogP contribution in [0.3, 0.4) is 0 Å². The second-order valence-corrected chi connectivity index (χ2v) is 5.26. The highest BCUT2D eigenvalue weighted by Crippen LogP contribution is 2.20. The molecule has 2 rings (SSSR count). The Labute approximate surface area is 114 Å². The SMILES string of the molecule is CC(C)c1ccc(C(N)Cc2cccc(F)c2)cc1. The first-order valence-electron chi connectivity index (χ1n) is 6.66. The fourth-order valence-corrected chi connectivity index (χ4v) is 2.16. The zero-order chi connectivity index (χ0) is 13.8. The van der Waals surface area contributed by atoms with E-state index in [2.05, 4.69) is 38.1 Å². The van der Waals surface area contributed by atoms with E-state index in [4.69, 9.17) is 5.73 Å². The van der Waals surface area contributed by atoms with Gasteiger partial charge >= 0.3 is 0 Å². The van der Waals surface area contributed by atoms with Crippen molar-refractivity contribution in [2.75, 3.05) is 0 Å². The Kier molecular flexibility index (Phi) is 4.33. The molecule has 0 saturated heterocycles. The topological polar surface area (TPSA) is 26.0 Å². The second-order valence-electron chi connectivity index (χ2n) is 5.26. The van der Waals surface area contributed by atoms with E-state index in [9.17, 15) is 4.39 Å². The molecule has 2 N–H and O–H groups in total. The maximum atomic E-state index is 13.1. The molecular weight excluding hydrogens is 237 g/mol. The van der Waals surface area contributed by atoms with Crippen LogP contribution >= 0.6 is 0 Å². The largest absolute Gasteiger partial charge is 0.324 e. The Morgan fingerprint density at radius 2 is 1.63 bits per heavy atom. The van der Waals surface area contributed by atoms with Gasteiger partial charge in [-0.1, -0.05) is 50.2 Å². The van der Waals surface area contributed by atoms with Gasteiger partial charge in [-0.25, -0.2) is 4.39 Å². The molecule has 0 amide bonds. The lowest BCUT2D eigenvalue weighted by Gasteiger charge is -2.14. The molecule has 2 aromatic carbocycles. The monoisotopic (exact) mass is 257 g/mol. The highest BCUT2D eigenvalue weighted by atomic mass is 19.1. The Bertz CT molecular complexity index is 531. The third-order valence-corrected chi connectivity index (χ3v) is 3.38. The predicted molar refractivity (Wildman–Crippen MR) is 77.6 cm³/mol. The number of rotatable bonds is 4. The van der Waals surface area contributed by atoms with E-state index >= 15 is 0 Å². The lowest BCUT2D eigenvalue weighted by atomic mass is 9.96. The minimum Gasteiger partial charge on any atom is -0.324 e. The van der Waals surface area contributed by atoms with E-state index in [-0.39, 0.29) is 11.9 Å². The second kappa shape index (κ2) is 5.98. The van der Waals surface area contributed by atoms with Gasteiger partial charge in [0.1, 0.15) is 5.82 Å². The summed E-state index contributed by atoms with van der Waals surface area (Å²) in [6.07, 6.45) is 0.652. The quantitative estimate of drug-likeness (QED) is 0.873. The maximum absolute atomic E-state index is 13.1. The molecule has 100 valence electrons. The molecular formula is C17H20FN. The smallest absolute Gasteiger partial charge is 0.123 e. The van der Waals surface area contributed by atoms with Crippen LogP contribution in [0.5, 0.6) is 0 Å². The van der Waals surface area contributed by atoms with Crippen molar-refractivity contribution in [1.29, 1.82) is 0 Å². The summed E-state index contributed by atoms with van der Waals surface area (Å²) < 4.78 is 13.1. The molecule has 0 heterocycles. The first kappa shape index (κ1) is 13.8. The summed E-state index contributed by atoms with van der Waals surface area (Å²) in [6.45, 7) is 4.34. The van der Waals surface area contributed by atoms with Gasteiger partial charge in [0, 0.05) is 6.04 Å². The van der Waals surface area contributed by atoms with Crippen molar-refractivity contribution in [2.24, 2.45) is 5.73 Å². The molecule has 2 aromatic rings. The fourth-order valence-electron chi connectivity index (χ4n) is 2.16. The molecule has 0 aliphatic rings. The van der Waals surface area contributed by atoms with Crippen LogP contribution in [-0.4, -0.2) is 0 Å². The summed E-state index contributed by atoms with van der Waals surface area (Å²) in [4.78, 5) is 0. The van der Waals surface area contributed by atoms with Crippen LogP contribution in [0.1, 0.15) is 42.5 Å². The van der Waals surface area contributed by atoms with Crippen LogP contribution in [0.2, 0.25) is 0 Å². The highest BCUT2D eigenvalue weighted by molar-refractivity contribution is 5.28. The lowest BCUT2D eigenvalue weighted by molar-refractivity contribution is 0.622. The van der Waals surface area contributed by atoms with Crippen molar-refractivity contribution in [3.05, 3.63) is 71.0 Å². The van der Waals surface area contributed by atoms with Crippen LogP contribution in [0.4, 0.5) is 4.39 Å². The van der Waals surface area contributed by atoms with Crippen LogP contribution in [-0.2, 0) is 6.42 Å². The number of nitrogens with two attached hydrogens (primary N) is 1. The molecule has 0 radical (unpaired) electrons. The summed E-state index contributed by atoms with van der Waals surface area (Å²) in [5.74, 6) is 0.313. The van der Waals surface area contributed by atoms with E-state index in [1.54, 1.807) is 12.1 Å². The van der Waals surface area contributed by atoms with Crippen molar-refractivity contribution >= 4 is 0 Å². The summed E-state index contributed by atoms with van der Waals surface area (Å²) in [6, 6.07) is 14.9. The molecule has 0 aliphatic carbocycles. The van der Waals surface area contributed by atoms with Gasteiger partial charge in [-0.15, -0.1) is 0 Å². The maximum Gasteiger partial charge on any atom is 0.123 e. The van der Waals surface area contributed by atoms with E-state index in [1.165, 1.54) is 11.6 Å². The summed E-state index contributed by atoms with van der Waals surface area (Å²) in [7, 11) is 0. The fraction of sp³-hybridized carbons (Fsp3) is 0.294. The summed E-state index contributed by atoms with van der Waals surface area (Å²) >= 11 is 0. The zero-order valence-corrected chi connectivity index (χ0v) is 11.4. The summed E-state index contributed by atoms with van der Waals surface area (Å²) in [5.41, 5.74) is 9.51. The highest BCUT2D eigenvalue weighted by Gasteiger charge is 2.08. The minimum absolute atomic E-state index is 0.0944. The van der Waals surface area contributed by atoms with Crippen LogP contribution in [0.25, 0.3) is 0 Å². The van der Waals surface area contributed by atoms with Gasteiger partial charge < -0.3 is 5.73 Å². The normalized spacial score (nSPS) is 12.7. The molecule has 19 heavy (non-hydrogen) atoms. The Morgan fingerprint density at radius 3 is 2.21 bits per heavy atom. The van der Waals surface area contributed by atoms with Gasteiger partial charge in [0.2, 0.25) is 0 Å². The average molecular weight is 257 g/mol. The number of hydrogen-bond acceptors (Lipinski definition) is 1. The molecule has 0 bridgehead atoms. The third-order valence-electron chi connectivity index (χ3n) is 3.38. The van der Waals surface area contributed by atoms with Gasteiger partial charge in [0.15, 0.2) is 0 Å². The van der Waals surface area contributed by atoms with Gasteiger partial charge in [-0.2, -0.15) is 0 Å². The first-order chi connectivity index (χ1) is 9.06. The molecule has 0 spiro atoms. The van der Waals surface area contributed by atoms with Gasteiger partial charge in [-0.3, -0.25) is 0 Å². The molecule has 0 saturated carbocycles. The Balaban J connectivity index is 2.09. The number of benzene rings is 2. The first-order valence-corrected chi connectivity index (χ1v) is 6.66. The van der Waals surface area contributed by atoms with Crippen molar-refractivity contribution < 1.29 is 4.39 Å². The van der Waals surface area contributed by atoms with E-state index < -0.39 is 0 Å². The average Bonchev–Trinajstić information content (AvgIpc) is 2.39. The molecule has 0 fully saturated rings. The molecule has 2 heteroatoms. The molecule has 1 atom stereocenters. The number of halogens is 1. The van der Waals surface area contributed by atoms with Crippen molar-refractivity contribution in [3.8, 4) is 0 Å². The predicted octanol–water partition coefficient (Wildman–Crippen LogP) is 4.19. The Morgan fingerprint density at radius 1 is 1.00 bits per heavy atom. The molecule has 1 nitrogen and oxygen atoms in total. The van der Waals surface area contributed by atoms with Gasteiger partial charge in [0.25, 0.3) is 0 Å². The molecule has 1 unspecified atom stereocenters. The van der Waals surface area contributed by atoms with E-state index in [1.807, 2.05) is 6.07 Å². The Hall–Kier alpha value is -1.67. The van der Waals surface area contributed by atoms with Crippen LogP contribution < -0.4 is 5.73 Å². The van der Waals surface area contributed by atoms with Crippen LogP contribution in [0, 0.1) is 5.82 Å². The summed E-state index contributed by atoms with van der Waals surface area (Å²) in [5, 5.41) is 0. The van der Waals surface area contributed by atoms with Gasteiger partial charge in [0.05, 0.1) is 0 Å². The molecule has 0 aromatic heterocycles. The number of hydrogen-bond donors (Lipinski definition) is 1. The zero-order valence-electron chi connectivity index (χ0n) is 11.4. The van der Waals surface area contributed by atoms with E-state index in [0.717, 1.165) is 11.1 Å². The van der Waals surface area contributed by atoms with Gasteiger partial charge in [-0.05, 0) is 41.2 Å². The van der Waals surface area contributed by atoms with Crippen molar-refractivity contribution in [1.82, 2.24) is 0 Å². The van der Waals surface area contributed by atoms with Crippen LogP contribution in [0.15, 0.2) is 48.5 Å². The van der Waals surface area contributed by atoms with Crippen molar-refractivity contribution in [2.45, 2.75) is 32.2 Å². The lowest BCUT2D eigenvalue weighted by Crippen LogP contribution is -2.13. The van der Waals surface area contributed by atoms with E-state index in [0.29, 0.717) is 12.3 Å².